The molecule has 0 fully saturated rings. The summed E-state index contributed by atoms with van der Waals surface area (Å²) in [5.41, 5.74) is 3.69. The molecular formula is C17H19ClO. The van der Waals surface area contributed by atoms with Crippen molar-refractivity contribution in [3.05, 3.63) is 41.7 Å². The predicted molar refractivity (Wildman–Crippen MR) is 81.6 cm³/mol. The Hall–Kier alpha value is -1.21. The number of allylic oxidation sites excluding steroid dienone is 2. The second-order valence-corrected chi connectivity index (χ2v) is 6.97. The first kappa shape index (κ1) is 12.8. The predicted octanol–water partition coefficient (Wildman–Crippen LogP) is 5.55. The van der Waals surface area contributed by atoms with Gasteiger partial charge in [0.2, 0.25) is 0 Å². The van der Waals surface area contributed by atoms with Gasteiger partial charge in [-0.25, -0.2) is 0 Å². The summed E-state index contributed by atoms with van der Waals surface area (Å²) in [6.07, 6.45) is 4.20. The monoisotopic (exact) mass is 274 g/mol. The van der Waals surface area contributed by atoms with Crippen LogP contribution in [0.2, 0.25) is 0 Å². The minimum Gasteiger partial charge on any atom is -0.456 e. The normalized spacial score (nSPS) is 22.5. The van der Waals surface area contributed by atoms with E-state index in [-0.39, 0.29) is 10.8 Å². The zero-order valence-electron chi connectivity index (χ0n) is 11.7. The number of halogens is 1. The van der Waals surface area contributed by atoms with Crippen LogP contribution in [0.25, 0.3) is 16.5 Å². The maximum atomic E-state index is 6.35. The summed E-state index contributed by atoms with van der Waals surface area (Å²) in [5.74, 6) is 0.971. The fraction of sp³-hybridized carbons (Fsp3) is 0.412. The maximum absolute atomic E-state index is 6.35. The van der Waals surface area contributed by atoms with Gasteiger partial charge in [-0.15, -0.1) is 11.6 Å². The van der Waals surface area contributed by atoms with Gasteiger partial charge in [0.05, 0.1) is 5.38 Å². The van der Waals surface area contributed by atoms with E-state index in [4.69, 9.17) is 16.0 Å². The van der Waals surface area contributed by atoms with Crippen LogP contribution in [0.3, 0.4) is 0 Å². The largest absolute Gasteiger partial charge is 0.456 e. The molecular weight excluding hydrogens is 256 g/mol. The van der Waals surface area contributed by atoms with Crippen LogP contribution in [0.4, 0.5) is 0 Å². The molecule has 2 heteroatoms. The minimum absolute atomic E-state index is 0.105. The van der Waals surface area contributed by atoms with Gasteiger partial charge in [0, 0.05) is 5.39 Å². The molecule has 0 amide bonds. The van der Waals surface area contributed by atoms with Gasteiger partial charge in [-0.05, 0) is 49.0 Å². The molecule has 2 aromatic rings. The molecule has 1 aliphatic rings. The lowest BCUT2D eigenvalue weighted by molar-refractivity contribution is 0.337. The average Bonchev–Trinajstić information content (AvgIpc) is 2.69. The lowest BCUT2D eigenvalue weighted by atomic mass is 9.76. The molecule has 19 heavy (non-hydrogen) atoms. The third-order valence-corrected chi connectivity index (χ3v) is 4.07. The number of rotatable bonds is 1. The van der Waals surface area contributed by atoms with Crippen LogP contribution in [0.5, 0.6) is 0 Å². The van der Waals surface area contributed by atoms with Crippen LogP contribution in [-0.4, -0.2) is 5.38 Å². The third kappa shape index (κ3) is 2.57. The fourth-order valence-corrected chi connectivity index (χ4v) is 3.51. The molecule has 1 aliphatic carbocycles. The zero-order chi connectivity index (χ0) is 13.6. The summed E-state index contributed by atoms with van der Waals surface area (Å²) in [6.45, 7) is 6.63. The van der Waals surface area contributed by atoms with E-state index in [1.54, 1.807) is 0 Å². The van der Waals surface area contributed by atoms with E-state index < -0.39 is 0 Å². The van der Waals surface area contributed by atoms with E-state index in [1.165, 1.54) is 16.5 Å². The highest BCUT2D eigenvalue weighted by molar-refractivity contribution is 6.22. The van der Waals surface area contributed by atoms with Crippen molar-refractivity contribution in [3.8, 4) is 0 Å². The molecule has 0 radical (unpaired) electrons. The van der Waals surface area contributed by atoms with E-state index >= 15 is 0 Å². The molecule has 1 aromatic heterocycles. The number of hydrogen-bond acceptors (Lipinski definition) is 1. The summed E-state index contributed by atoms with van der Waals surface area (Å²) in [5, 5.41) is 1.28. The maximum Gasteiger partial charge on any atom is 0.134 e. The first-order chi connectivity index (χ1) is 8.93. The standard InChI is InChI=1S/C17H19ClO/c1-11-4-5-15-12(6-11)8-16(19-15)13-7-14(18)10-17(2,3)9-13/h4-8,14H,9-10H2,1-3H3. The van der Waals surface area contributed by atoms with Crippen molar-refractivity contribution >= 4 is 28.1 Å². The quantitative estimate of drug-likeness (QED) is 0.621. The van der Waals surface area contributed by atoms with Crippen LogP contribution < -0.4 is 0 Å². The molecule has 0 bridgehead atoms. The first-order valence-electron chi connectivity index (χ1n) is 6.78. The lowest BCUT2D eigenvalue weighted by Crippen LogP contribution is -2.21. The van der Waals surface area contributed by atoms with Crippen LogP contribution in [0.15, 0.2) is 34.8 Å². The Kier molecular flexibility index (Phi) is 2.98. The molecule has 0 saturated heterocycles. The van der Waals surface area contributed by atoms with Gasteiger partial charge in [0.15, 0.2) is 0 Å². The Labute approximate surface area is 119 Å². The second-order valence-electron chi connectivity index (χ2n) is 6.40. The van der Waals surface area contributed by atoms with E-state index in [9.17, 15) is 0 Å². The Balaban J connectivity index is 2.04. The van der Waals surface area contributed by atoms with Crippen molar-refractivity contribution < 1.29 is 4.42 Å². The summed E-state index contributed by atoms with van der Waals surface area (Å²) >= 11 is 6.35. The number of fused-ring (bicyclic) bond motifs is 1. The molecule has 1 nitrogen and oxygen atoms in total. The zero-order valence-corrected chi connectivity index (χ0v) is 12.4. The molecule has 0 spiro atoms. The van der Waals surface area contributed by atoms with Crippen molar-refractivity contribution in [2.75, 3.05) is 0 Å². The number of alkyl halides is 1. The van der Waals surface area contributed by atoms with Crippen molar-refractivity contribution in [1.82, 2.24) is 0 Å². The third-order valence-electron chi connectivity index (χ3n) is 3.79. The number of hydrogen-bond donors (Lipinski definition) is 0. The van der Waals surface area contributed by atoms with Gasteiger partial charge >= 0.3 is 0 Å². The lowest BCUT2D eigenvalue weighted by Gasteiger charge is -2.31. The molecule has 100 valence electrons. The fourth-order valence-electron chi connectivity index (χ4n) is 2.94. The Bertz CT molecular complexity index is 648. The Morgan fingerprint density at radius 3 is 2.79 bits per heavy atom. The molecule has 0 N–H and O–H groups in total. The van der Waals surface area contributed by atoms with Crippen LogP contribution in [-0.2, 0) is 0 Å². The smallest absolute Gasteiger partial charge is 0.134 e. The summed E-state index contributed by atoms with van der Waals surface area (Å²) < 4.78 is 5.98. The highest BCUT2D eigenvalue weighted by atomic mass is 35.5. The average molecular weight is 275 g/mol. The summed E-state index contributed by atoms with van der Waals surface area (Å²) in [7, 11) is 0. The van der Waals surface area contributed by atoms with E-state index in [0.29, 0.717) is 0 Å². The topological polar surface area (TPSA) is 13.1 Å². The Morgan fingerprint density at radius 1 is 1.26 bits per heavy atom. The molecule has 1 atom stereocenters. The number of benzene rings is 1. The van der Waals surface area contributed by atoms with E-state index in [1.807, 2.05) is 6.07 Å². The summed E-state index contributed by atoms with van der Waals surface area (Å²) in [4.78, 5) is 0. The Morgan fingerprint density at radius 2 is 2.05 bits per heavy atom. The van der Waals surface area contributed by atoms with Crippen LogP contribution in [0, 0.1) is 12.3 Å². The number of furan rings is 1. The van der Waals surface area contributed by atoms with E-state index in [0.717, 1.165) is 24.2 Å². The van der Waals surface area contributed by atoms with Crippen molar-refractivity contribution in [2.45, 2.75) is 39.0 Å². The second kappa shape index (κ2) is 4.42. The van der Waals surface area contributed by atoms with Gasteiger partial charge in [-0.2, -0.15) is 0 Å². The molecule has 0 saturated carbocycles. The van der Waals surface area contributed by atoms with Gasteiger partial charge in [0.1, 0.15) is 11.3 Å². The molecule has 1 heterocycles. The van der Waals surface area contributed by atoms with Crippen molar-refractivity contribution in [3.63, 3.8) is 0 Å². The van der Waals surface area contributed by atoms with Gasteiger partial charge in [0.25, 0.3) is 0 Å². The SMILES string of the molecule is Cc1ccc2oc(C3=CC(Cl)CC(C)(C)C3)cc2c1. The summed E-state index contributed by atoms with van der Waals surface area (Å²) in [6, 6.07) is 8.42. The molecule has 3 rings (SSSR count). The molecule has 1 aromatic carbocycles. The van der Waals surface area contributed by atoms with Crippen molar-refractivity contribution in [1.29, 1.82) is 0 Å². The van der Waals surface area contributed by atoms with Gasteiger partial charge < -0.3 is 4.42 Å². The van der Waals surface area contributed by atoms with Crippen LogP contribution in [0.1, 0.15) is 38.0 Å². The van der Waals surface area contributed by atoms with E-state index in [2.05, 4.69) is 45.0 Å². The number of aryl methyl sites for hydroxylation is 1. The minimum atomic E-state index is 0.105. The molecule has 0 aliphatic heterocycles. The highest BCUT2D eigenvalue weighted by Crippen LogP contribution is 2.42. The first-order valence-corrected chi connectivity index (χ1v) is 7.22. The van der Waals surface area contributed by atoms with Crippen LogP contribution >= 0.6 is 11.6 Å². The van der Waals surface area contributed by atoms with Gasteiger partial charge in [-0.3, -0.25) is 0 Å². The van der Waals surface area contributed by atoms with Crippen molar-refractivity contribution in [2.24, 2.45) is 5.41 Å². The molecule has 1 unspecified atom stereocenters. The highest BCUT2D eigenvalue weighted by Gasteiger charge is 2.29. The van der Waals surface area contributed by atoms with Gasteiger partial charge in [-0.1, -0.05) is 31.6 Å².